The molecule has 0 bridgehead atoms. The van der Waals surface area contributed by atoms with Crippen LogP contribution in [0, 0.1) is 5.41 Å². The van der Waals surface area contributed by atoms with Crippen LogP contribution in [0.1, 0.15) is 26.2 Å². The highest BCUT2D eigenvalue weighted by Crippen LogP contribution is 2.40. The van der Waals surface area contributed by atoms with Crippen LogP contribution in [-0.4, -0.2) is 13.7 Å². The lowest BCUT2D eigenvalue weighted by Gasteiger charge is -2.38. The fraction of sp³-hybridized carbons (Fsp3) is 0.538. The van der Waals surface area contributed by atoms with E-state index >= 15 is 0 Å². The van der Waals surface area contributed by atoms with Crippen molar-refractivity contribution in [2.75, 3.05) is 24.7 Å². The Morgan fingerprint density at radius 2 is 2.19 bits per heavy atom. The zero-order valence-electron chi connectivity index (χ0n) is 10.0. The lowest BCUT2D eigenvalue weighted by Crippen LogP contribution is -2.33. The normalized spacial score (nSPS) is 17.6. The van der Waals surface area contributed by atoms with E-state index in [2.05, 4.69) is 12.2 Å². The van der Waals surface area contributed by atoms with Crippen molar-refractivity contribution in [2.24, 2.45) is 5.41 Å². The van der Waals surface area contributed by atoms with Gasteiger partial charge in [0.05, 0.1) is 18.5 Å². The molecule has 3 heteroatoms. The first-order chi connectivity index (χ1) is 7.63. The van der Waals surface area contributed by atoms with Crippen LogP contribution in [0.3, 0.4) is 0 Å². The SMILES string of the molecule is COc1ccc(N)c(NCC2(C)CCC2)c1. The molecule has 0 aliphatic heterocycles. The minimum atomic E-state index is 0.454. The van der Waals surface area contributed by atoms with Crippen molar-refractivity contribution in [3.05, 3.63) is 18.2 Å². The molecule has 1 saturated carbocycles. The Bertz CT molecular complexity index is 372. The number of nitrogens with one attached hydrogen (secondary N) is 1. The monoisotopic (exact) mass is 220 g/mol. The molecule has 1 fully saturated rings. The molecule has 0 radical (unpaired) electrons. The lowest BCUT2D eigenvalue weighted by atomic mass is 9.70. The molecule has 0 unspecified atom stereocenters. The summed E-state index contributed by atoms with van der Waals surface area (Å²) in [6.07, 6.45) is 3.97. The van der Waals surface area contributed by atoms with Crippen molar-refractivity contribution in [3.8, 4) is 5.75 Å². The highest BCUT2D eigenvalue weighted by atomic mass is 16.5. The van der Waals surface area contributed by atoms with Crippen LogP contribution in [0.15, 0.2) is 18.2 Å². The Balaban J connectivity index is 2.02. The molecule has 1 aliphatic rings. The second-order valence-corrected chi connectivity index (χ2v) is 4.97. The Morgan fingerprint density at radius 1 is 1.44 bits per heavy atom. The molecule has 88 valence electrons. The van der Waals surface area contributed by atoms with Gasteiger partial charge in [-0.2, -0.15) is 0 Å². The molecule has 0 atom stereocenters. The van der Waals surface area contributed by atoms with Crippen molar-refractivity contribution in [1.29, 1.82) is 0 Å². The van der Waals surface area contributed by atoms with Crippen LogP contribution in [-0.2, 0) is 0 Å². The summed E-state index contributed by atoms with van der Waals surface area (Å²) in [6.45, 7) is 3.31. The average molecular weight is 220 g/mol. The number of hydrogen-bond donors (Lipinski definition) is 2. The van der Waals surface area contributed by atoms with Gasteiger partial charge in [0.2, 0.25) is 0 Å². The predicted molar refractivity (Wildman–Crippen MR) is 67.9 cm³/mol. The van der Waals surface area contributed by atoms with Crippen molar-refractivity contribution in [3.63, 3.8) is 0 Å². The summed E-state index contributed by atoms with van der Waals surface area (Å²) in [5, 5.41) is 3.43. The quantitative estimate of drug-likeness (QED) is 0.767. The van der Waals surface area contributed by atoms with Gasteiger partial charge in [0.15, 0.2) is 0 Å². The first-order valence-electron chi connectivity index (χ1n) is 5.80. The number of nitrogens with two attached hydrogens (primary N) is 1. The number of benzene rings is 1. The summed E-state index contributed by atoms with van der Waals surface area (Å²) in [4.78, 5) is 0. The Morgan fingerprint density at radius 3 is 2.75 bits per heavy atom. The molecule has 0 saturated heterocycles. The highest BCUT2D eigenvalue weighted by molar-refractivity contribution is 5.68. The van der Waals surface area contributed by atoms with Crippen LogP contribution in [0.4, 0.5) is 11.4 Å². The van der Waals surface area contributed by atoms with E-state index in [1.807, 2.05) is 18.2 Å². The molecule has 2 rings (SSSR count). The molecule has 0 spiro atoms. The molecule has 1 aromatic rings. The first-order valence-corrected chi connectivity index (χ1v) is 5.80. The highest BCUT2D eigenvalue weighted by Gasteiger charge is 2.31. The van der Waals surface area contributed by atoms with Gasteiger partial charge in [-0.05, 0) is 30.4 Å². The third-order valence-corrected chi connectivity index (χ3v) is 3.53. The van der Waals surface area contributed by atoms with Crippen molar-refractivity contribution in [1.82, 2.24) is 0 Å². The molecule has 1 aliphatic carbocycles. The molecule has 16 heavy (non-hydrogen) atoms. The smallest absolute Gasteiger partial charge is 0.121 e. The zero-order valence-corrected chi connectivity index (χ0v) is 10.0. The Kier molecular flexibility index (Phi) is 2.95. The number of methoxy groups -OCH3 is 1. The van der Waals surface area contributed by atoms with Crippen molar-refractivity contribution < 1.29 is 4.74 Å². The molecular weight excluding hydrogens is 200 g/mol. The average Bonchev–Trinajstić information content (AvgIpc) is 2.25. The maximum atomic E-state index is 5.91. The fourth-order valence-electron chi connectivity index (χ4n) is 2.08. The maximum Gasteiger partial charge on any atom is 0.121 e. The number of rotatable bonds is 4. The van der Waals surface area contributed by atoms with Gasteiger partial charge in [0.25, 0.3) is 0 Å². The summed E-state index contributed by atoms with van der Waals surface area (Å²) in [5.74, 6) is 0.843. The Hall–Kier alpha value is -1.38. The fourth-order valence-corrected chi connectivity index (χ4v) is 2.08. The van der Waals surface area contributed by atoms with Gasteiger partial charge in [-0.15, -0.1) is 0 Å². The minimum absolute atomic E-state index is 0.454. The van der Waals surface area contributed by atoms with E-state index in [1.165, 1.54) is 19.3 Å². The summed E-state index contributed by atoms with van der Waals surface area (Å²) >= 11 is 0. The zero-order chi connectivity index (χ0) is 11.6. The third-order valence-electron chi connectivity index (χ3n) is 3.53. The summed E-state index contributed by atoms with van der Waals surface area (Å²) < 4.78 is 5.19. The number of anilines is 2. The summed E-state index contributed by atoms with van der Waals surface area (Å²) in [7, 11) is 1.67. The van der Waals surface area contributed by atoms with E-state index in [-0.39, 0.29) is 0 Å². The third kappa shape index (κ3) is 2.23. The first kappa shape index (κ1) is 11.1. The topological polar surface area (TPSA) is 47.3 Å². The van der Waals surface area contributed by atoms with Gasteiger partial charge in [-0.1, -0.05) is 13.3 Å². The van der Waals surface area contributed by atoms with Crippen LogP contribution in [0.5, 0.6) is 5.75 Å². The second-order valence-electron chi connectivity index (χ2n) is 4.97. The lowest BCUT2D eigenvalue weighted by molar-refractivity contribution is 0.180. The molecule has 0 heterocycles. The molecule has 0 aromatic heterocycles. The van der Waals surface area contributed by atoms with E-state index in [1.54, 1.807) is 7.11 Å². The van der Waals surface area contributed by atoms with E-state index in [9.17, 15) is 0 Å². The van der Waals surface area contributed by atoms with E-state index in [4.69, 9.17) is 10.5 Å². The van der Waals surface area contributed by atoms with Crippen LogP contribution < -0.4 is 15.8 Å². The number of nitrogen functional groups attached to an aromatic ring is 1. The van der Waals surface area contributed by atoms with Gasteiger partial charge >= 0.3 is 0 Å². The minimum Gasteiger partial charge on any atom is -0.497 e. The van der Waals surface area contributed by atoms with Gasteiger partial charge in [0, 0.05) is 12.6 Å². The largest absolute Gasteiger partial charge is 0.497 e. The summed E-state index contributed by atoms with van der Waals surface area (Å²) in [6, 6.07) is 5.72. The van der Waals surface area contributed by atoms with Crippen LogP contribution in [0.25, 0.3) is 0 Å². The van der Waals surface area contributed by atoms with E-state index < -0.39 is 0 Å². The second kappa shape index (κ2) is 4.24. The van der Waals surface area contributed by atoms with Gasteiger partial charge in [-0.3, -0.25) is 0 Å². The standard InChI is InChI=1S/C13H20N2O/c1-13(6-3-7-13)9-15-12-8-10(16-2)4-5-11(12)14/h4-5,8,15H,3,6-7,9,14H2,1-2H3. The molecular formula is C13H20N2O. The molecule has 0 amide bonds. The molecule has 3 nitrogen and oxygen atoms in total. The molecule has 3 N–H and O–H groups in total. The number of hydrogen-bond acceptors (Lipinski definition) is 3. The maximum absolute atomic E-state index is 5.91. The summed E-state index contributed by atoms with van der Waals surface area (Å²) in [5.41, 5.74) is 8.13. The molecule has 1 aromatic carbocycles. The number of ether oxygens (including phenoxy) is 1. The van der Waals surface area contributed by atoms with Crippen LogP contribution in [0.2, 0.25) is 0 Å². The van der Waals surface area contributed by atoms with E-state index in [0.29, 0.717) is 5.41 Å². The van der Waals surface area contributed by atoms with Crippen molar-refractivity contribution in [2.45, 2.75) is 26.2 Å². The van der Waals surface area contributed by atoms with Crippen LogP contribution >= 0.6 is 0 Å². The predicted octanol–water partition coefficient (Wildman–Crippen LogP) is 2.88. The van der Waals surface area contributed by atoms with Gasteiger partial charge in [0.1, 0.15) is 5.75 Å². The van der Waals surface area contributed by atoms with Gasteiger partial charge < -0.3 is 15.8 Å². The van der Waals surface area contributed by atoms with Gasteiger partial charge in [-0.25, -0.2) is 0 Å². The Labute approximate surface area is 97.0 Å². The van der Waals surface area contributed by atoms with Crippen molar-refractivity contribution >= 4 is 11.4 Å². The van der Waals surface area contributed by atoms with E-state index in [0.717, 1.165) is 23.7 Å².